The zero-order valence-corrected chi connectivity index (χ0v) is 21.5. The lowest BCUT2D eigenvalue weighted by Gasteiger charge is -2.30. The van der Waals surface area contributed by atoms with E-state index in [1.807, 2.05) is 12.1 Å². The van der Waals surface area contributed by atoms with Gasteiger partial charge < -0.3 is 20.8 Å². The minimum absolute atomic E-state index is 0.0173. The number of halogens is 2. The Bertz CT molecular complexity index is 1330. The summed E-state index contributed by atoms with van der Waals surface area (Å²) < 4.78 is 34.0. The summed E-state index contributed by atoms with van der Waals surface area (Å²) in [5.74, 6) is -4.92. The highest BCUT2D eigenvalue weighted by molar-refractivity contribution is 6.06. The fourth-order valence-corrected chi connectivity index (χ4v) is 4.53. The van der Waals surface area contributed by atoms with E-state index in [-0.39, 0.29) is 42.8 Å². The second-order valence-corrected chi connectivity index (χ2v) is 10.7. The Kier molecular flexibility index (Phi) is 7.47. The molecule has 38 heavy (non-hydrogen) atoms. The second kappa shape index (κ2) is 10.5. The Morgan fingerprint density at radius 2 is 1.87 bits per heavy atom. The van der Waals surface area contributed by atoms with Crippen LogP contribution in [-0.4, -0.2) is 49.7 Å². The Hall–Kier alpha value is -3.90. The number of nitrogens with one attached hydrogen (secondary N) is 2. The molecule has 1 aliphatic carbocycles. The van der Waals surface area contributed by atoms with Crippen molar-refractivity contribution in [3.8, 4) is 0 Å². The van der Waals surface area contributed by atoms with Gasteiger partial charge in [0.05, 0.1) is 12.1 Å². The van der Waals surface area contributed by atoms with E-state index in [1.54, 1.807) is 37.6 Å². The number of benzene rings is 1. The first-order valence-corrected chi connectivity index (χ1v) is 12.4. The summed E-state index contributed by atoms with van der Waals surface area (Å²) in [5.41, 5.74) is 5.27. The Balaban J connectivity index is 1.50. The van der Waals surface area contributed by atoms with Crippen LogP contribution in [0.3, 0.4) is 0 Å². The number of aromatic nitrogens is 4. The normalized spacial score (nSPS) is 16.8. The van der Waals surface area contributed by atoms with Gasteiger partial charge in [-0.1, -0.05) is 39.0 Å². The van der Waals surface area contributed by atoms with Gasteiger partial charge in [-0.05, 0) is 30.2 Å². The van der Waals surface area contributed by atoms with E-state index in [0.717, 1.165) is 0 Å². The molecule has 1 aromatic carbocycles. The van der Waals surface area contributed by atoms with Crippen LogP contribution >= 0.6 is 0 Å². The van der Waals surface area contributed by atoms with Gasteiger partial charge in [0.1, 0.15) is 6.04 Å². The van der Waals surface area contributed by atoms with Crippen LogP contribution in [0.4, 0.5) is 8.78 Å². The minimum atomic E-state index is -2.62. The zero-order valence-electron chi connectivity index (χ0n) is 21.5. The Morgan fingerprint density at radius 3 is 2.50 bits per heavy atom. The monoisotopic (exact) mass is 531 g/mol. The van der Waals surface area contributed by atoms with Crippen LogP contribution in [0.5, 0.6) is 0 Å². The molecule has 0 spiro atoms. The van der Waals surface area contributed by atoms with E-state index in [9.17, 15) is 23.2 Å². The Morgan fingerprint density at radius 1 is 1.18 bits per heavy atom. The molecule has 13 heteroatoms. The van der Waals surface area contributed by atoms with Gasteiger partial charge in [-0.15, -0.1) is 10.2 Å². The number of nitrogens with two attached hydrogens (primary N) is 1. The summed E-state index contributed by atoms with van der Waals surface area (Å²) in [6.45, 7) is 5.64. The number of carbonyl (C=O) groups is 3. The number of alkyl halides is 2. The third-order valence-corrected chi connectivity index (χ3v) is 6.64. The van der Waals surface area contributed by atoms with Crippen LogP contribution in [0.15, 0.2) is 28.7 Å². The summed E-state index contributed by atoms with van der Waals surface area (Å²) in [4.78, 5) is 37.6. The van der Waals surface area contributed by atoms with Crippen LogP contribution in [0.1, 0.15) is 73.5 Å². The van der Waals surface area contributed by atoms with Crippen LogP contribution < -0.4 is 16.4 Å². The lowest BCUT2D eigenvalue weighted by Crippen LogP contribution is -2.53. The van der Waals surface area contributed by atoms with Crippen molar-refractivity contribution in [1.29, 1.82) is 0 Å². The first kappa shape index (κ1) is 27.1. The molecule has 1 aliphatic rings. The van der Waals surface area contributed by atoms with E-state index in [2.05, 4.69) is 25.9 Å². The number of carbonyl (C=O) groups excluding carboxylic acids is 3. The standard InChI is InChI=1S/C25H31F2N7O4/c1-24(2,3)19(22(37)29-12-17-31-32-23(38-17)20(28)35)30-21(36)18-15-6-4-5-7-16(15)34(33-18)13-14-8-10-25(26,27)11-9-14/h4-7,14,19H,8-13H2,1-3H3,(H2,28,35)(H,29,37)(H,30,36)/t19-/m1/s1. The van der Waals surface area contributed by atoms with Gasteiger partial charge in [-0.2, -0.15) is 5.10 Å². The number of hydrogen-bond donors (Lipinski definition) is 3. The van der Waals surface area contributed by atoms with Crippen LogP contribution in [-0.2, 0) is 17.9 Å². The van der Waals surface area contributed by atoms with Crippen molar-refractivity contribution in [1.82, 2.24) is 30.6 Å². The summed E-state index contributed by atoms with van der Waals surface area (Å²) in [5, 5.41) is 17.7. The molecule has 1 atom stereocenters. The SMILES string of the molecule is CC(C)(C)[C@H](NC(=O)c1nn(CC2CCC(F)(F)CC2)c2ccccc12)C(=O)NCc1nnc(C(N)=O)o1. The first-order valence-electron chi connectivity index (χ1n) is 12.4. The number of amides is 3. The maximum Gasteiger partial charge on any atom is 0.306 e. The fourth-order valence-electron chi connectivity index (χ4n) is 4.53. The Labute approximate surface area is 217 Å². The predicted octanol–water partition coefficient (Wildman–Crippen LogP) is 2.80. The van der Waals surface area contributed by atoms with E-state index in [4.69, 9.17) is 10.2 Å². The average Bonchev–Trinajstić information content (AvgIpc) is 3.47. The molecular formula is C25H31F2N7O4. The van der Waals surface area contributed by atoms with Crippen molar-refractivity contribution >= 4 is 28.6 Å². The van der Waals surface area contributed by atoms with Gasteiger partial charge in [0.2, 0.25) is 17.7 Å². The van der Waals surface area contributed by atoms with Gasteiger partial charge in [-0.25, -0.2) is 8.78 Å². The predicted molar refractivity (Wildman–Crippen MR) is 132 cm³/mol. The molecule has 0 unspecified atom stereocenters. The van der Waals surface area contributed by atoms with E-state index < -0.39 is 35.1 Å². The molecular weight excluding hydrogens is 500 g/mol. The van der Waals surface area contributed by atoms with Gasteiger partial charge in [0.25, 0.3) is 5.91 Å². The van der Waals surface area contributed by atoms with Crippen LogP contribution in [0, 0.1) is 11.3 Å². The molecule has 204 valence electrons. The van der Waals surface area contributed by atoms with Crippen molar-refractivity contribution in [2.75, 3.05) is 0 Å². The molecule has 1 fully saturated rings. The van der Waals surface area contributed by atoms with E-state index in [1.165, 1.54) is 0 Å². The van der Waals surface area contributed by atoms with Gasteiger partial charge >= 0.3 is 11.8 Å². The molecule has 1 saturated carbocycles. The lowest BCUT2D eigenvalue weighted by atomic mass is 9.86. The van der Waals surface area contributed by atoms with Crippen molar-refractivity contribution in [3.63, 3.8) is 0 Å². The maximum absolute atomic E-state index is 13.6. The quantitative estimate of drug-likeness (QED) is 0.403. The van der Waals surface area contributed by atoms with Gasteiger partial charge in [0.15, 0.2) is 5.69 Å². The smallest absolute Gasteiger partial charge is 0.306 e. The molecule has 2 heterocycles. The molecule has 0 aliphatic heterocycles. The molecule has 2 aromatic heterocycles. The number of para-hydroxylation sites is 1. The molecule has 0 saturated heterocycles. The largest absolute Gasteiger partial charge is 0.415 e. The third kappa shape index (κ3) is 6.14. The maximum atomic E-state index is 13.6. The number of fused-ring (bicyclic) bond motifs is 1. The van der Waals surface area contributed by atoms with Crippen molar-refractivity contribution in [2.45, 2.75) is 71.5 Å². The van der Waals surface area contributed by atoms with Crippen molar-refractivity contribution in [2.24, 2.45) is 17.1 Å². The third-order valence-electron chi connectivity index (χ3n) is 6.64. The van der Waals surface area contributed by atoms with E-state index in [0.29, 0.717) is 30.3 Å². The summed E-state index contributed by atoms with van der Waals surface area (Å²) in [6.07, 6.45) is 0.464. The zero-order chi connectivity index (χ0) is 27.7. The number of rotatable bonds is 8. The van der Waals surface area contributed by atoms with Crippen molar-refractivity contribution < 1.29 is 27.6 Å². The molecule has 3 aromatic rings. The fraction of sp³-hybridized carbons (Fsp3) is 0.520. The molecule has 11 nitrogen and oxygen atoms in total. The minimum Gasteiger partial charge on any atom is -0.415 e. The topological polar surface area (TPSA) is 158 Å². The van der Waals surface area contributed by atoms with Gasteiger partial charge in [-0.3, -0.25) is 19.1 Å². The molecule has 3 amide bonds. The molecule has 0 radical (unpaired) electrons. The summed E-state index contributed by atoms with van der Waals surface area (Å²) >= 11 is 0. The summed E-state index contributed by atoms with van der Waals surface area (Å²) in [6, 6.07) is 6.24. The van der Waals surface area contributed by atoms with Crippen molar-refractivity contribution in [3.05, 3.63) is 41.7 Å². The number of primary amides is 1. The molecule has 4 N–H and O–H groups in total. The highest BCUT2D eigenvalue weighted by Gasteiger charge is 2.36. The number of hydrogen-bond acceptors (Lipinski definition) is 7. The van der Waals surface area contributed by atoms with E-state index >= 15 is 0 Å². The summed E-state index contributed by atoms with van der Waals surface area (Å²) in [7, 11) is 0. The second-order valence-electron chi connectivity index (χ2n) is 10.7. The van der Waals surface area contributed by atoms with Crippen LogP contribution in [0.2, 0.25) is 0 Å². The highest BCUT2D eigenvalue weighted by atomic mass is 19.3. The van der Waals surface area contributed by atoms with Gasteiger partial charge in [0, 0.05) is 24.8 Å². The lowest BCUT2D eigenvalue weighted by molar-refractivity contribution is -0.125. The number of nitrogens with zero attached hydrogens (tertiary/aromatic N) is 4. The molecule has 0 bridgehead atoms. The molecule has 4 rings (SSSR count). The van der Waals surface area contributed by atoms with Crippen LogP contribution in [0.25, 0.3) is 10.9 Å². The first-order chi connectivity index (χ1) is 17.8. The highest BCUT2D eigenvalue weighted by Crippen LogP contribution is 2.37. The average molecular weight is 532 g/mol.